The Morgan fingerprint density at radius 2 is 2.04 bits per heavy atom. The molecule has 1 unspecified atom stereocenters. The molecule has 4 rings (SSSR count). The van der Waals surface area contributed by atoms with E-state index in [0.717, 1.165) is 22.3 Å². The quantitative estimate of drug-likeness (QED) is 0.725. The molecule has 3 aromatic rings. The maximum Gasteiger partial charge on any atom is 0.287 e. The summed E-state index contributed by atoms with van der Waals surface area (Å²) >= 11 is 0. The van der Waals surface area contributed by atoms with E-state index in [1.165, 1.54) is 0 Å². The molecule has 2 heterocycles. The van der Waals surface area contributed by atoms with E-state index in [1.807, 2.05) is 57.2 Å². The first-order valence-electron chi connectivity index (χ1n) is 9.03. The van der Waals surface area contributed by atoms with Crippen molar-refractivity contribution in [3.05, 3.63) is 59.4 Å². The monoisotopic (exact) mass is 365 g/mol. The Labute approximate surface area is 158 Å². The minimum absolute atomic E-state index is 0.146. The number of carbonyl (C=O) groups excluding carboxylic acids is 1. The minimum atomic E-state index is -0.365. The third kappa shape index (κ3) is 3.25. The van der Waals surface area contributed by atoms with Crippen molar-refractivity contribution in [3.8, 4) is 11.5 Å². The third-order valence-electron chi connectivity index (χ3n) is 4.88. The van der Waals surface area contributed by atoms with Crippen LogP contribution in [0.25, 0.3) is 11.0 Å². The number of nitrogens with one attached hydrogen (secondary N) is 1. The largest absolute Gasteiger partial charge is 0.493 e. The van der Waals surface area contributed by atoms with Crippen molar-refractivity contribution in [1.29, 1.82) is 0 Å². The van der Waals surface area contributed by atoms with Crippen molar-refractivity contribution >= 4 is 16.9 Å². The van der Waals surface area contributed by atoms with Gasteiger partial charge in [0.1, 0.15) is 11.4 Å². The first-order valence-corrected chi connectivity index (χ1v) is 9.03. The summed E-state index contributed by atoms with van der Waals surface area (Å²) in [6.07, 6.45) is 0.679. The number of ether oxygens (including phenoxy) is 2. The lowest BCUT2D eigenvalue weighted by atomic mass is 9.89. The first kappa shape index (κ1) is 17.5. The van der Waals surface area contributed by atoms with Crippen molar-refractivity contribution in [2.24, 2.45) is 0 Å². The highest BCUT2D eigenvalue weighted by atomic mass is 16.5. The second-order valence-corrected chi connectivity index (χ2v) is 7.62. The van der Waals surface area contributed by atoms with E-state index in [-0.39, 0.29) is 23.3 Å². The lowest BCUT2D eigenvalue weighted by Crippen LogP contribution is -2.41. The van der Waals surface area contributed by atoms with Crippen molar-refractivity contribution in [3.63, 3.8) is 0 Å². The lowest BCUT2D eigenvalue weighted by molar-refractivity contribution is 0.0611. The Kier molecular flexibility index (Phi) is 4.10. The number of carbonyl (C=O) groups is 1. The molecule has 0 saturated heterocycles. The predicted molar refractivity (Wildman–Crippen MR) is 103 cm³/mol. The highest BCUT2D eigenvalue weighted by molar-refractivity contribution is 5.97. The summed E-state index contributed by atoms with van der Waals surface area (Å²) in [5.41, 5.74) is 2.33. The SMILES string of the molecule is COc1cccc2cc(C(=O)NC3CC(C)(C)Oc4cc(C)ccc43)oc12. The molecule has 2 aromatic carbocycles. The molecule has 1 N–H and O–H groups in total. The van der Waals surface area contributed by atoms with E-state index < -0.39 is 0 Å². The van der Waals surface area contributed by atoms with Crippen LogP contribution >= 0.6 is 0 Å². The first-order chi connectivity index (χ1) is 12.9. The summed E-state index contributed by atoms with van der Waals surface area (Å²) < 4.78 is 17.2. The number of hydrogen-bond acceptors (Lipinski definition) is 4. The van der Waals surface area contributed by atoms with Crippen LogP contribution in [0, 0.1) is 6.92 Å². The second kappa shape index (κ2) is 6.34. The zero-order valence-electron chi connectivity index (χ0n) is 16.0. The number of hydrogen-bond donors (Lipinski definition) is 1. The van der Waals surface area contributed by atoms with E-state index in [9.17, 15) is 4.79 Å². The number of amides is 1. The standard InChI is InChI=1S/C22H23NO4/c1-13-8-9-15-16(12-22(2,3)27-18(15)10-13)23-21(24)19-11-14-6-5-7-17(25-4)20(14)26-19/h5-11,16H,12H2,1-4H3,(H,23,24). The summed E-state index contributed by atoms with van der Waals surface area (Å²) in [6.45, 7) is 6.09. The van der Waals surface area contributed by atoms with Gasteiger partial charge in [-0.15, -0.1) is 0 Å². The Bertz CT molecular complexity index is 1020. The zero-order valence-corrected chi connectivity index (χ0v) is 16.0. The molecule has 0 aliphatic carbocycles. The van der Waals surface area contributed by atoms with Crippen LogP contribution in [0.1, 0.15) is 48.0 Å². The van der Waals surface area contributed by atoms with Crippen molar-refractivity contribution in [2.75, 3.05) is 7.11 Å². The molecule has 1 amide bonds. The Hall–Kier alpha value is -2.95. The highest BCUT2D eigenvalue weighted by Gasteiger charge is 2.35. The van der Waals surface area contributed by atoms with E-state index in [1.54, 1.807) is 13.2 Å². The van der Waals surface area contributed by atoms with Crippen LogP contribution in [0.5, 0.6) is 11.5 Å². The van der Waals surface area contributed by atoms with Gasteiger partial charge >= 0.3 is 0 Å². The summed E-state index contributed by atoms with van der Waals surface area (Å²) in [7, 11) is 1.58. The maximum absolute atomic E-state index is 12.9. The zero-order chi connectivity index (χ0) is 19.2. The number of para-hydroxylation sites is 1. The average Bonchev–Trinajstić information content (AvgIpc) is 3.04. The highest BCUT2D eigenvalue weighted by Crippen LogP contribution is 2.40. The van der Waals surface area contributed by atoms with Crippen LogP contribution in [0.2, 0.25) is 0 Å². The number of rotatable bonds is 3. The topological polar surface area (TPSA) is 60.7 Å². The van der Waals surface area contributed by atoms with Crippen LogP contribution in [0.4, 0.5) is 0 Å². The van der Waals surface area contributed by atoms with E-state index in [0.29, 0.717) is 17.8 Å². The lowest BCUT2D eigenvalue weighted by Gasteiger charge is -2.38. The third-order valence-corrected chi connectivity index (χ3v) is 4.88. The van der Waals surface area contributed by atoms with Crippen LogP contribution in [0.15, 0.2) is 46.9 Å². The smallest absolute Gasteiger partial charge is 0.287 e. The molecule has 0 spiro atoms. The number of fused-ring (bicyclic) bond motifs is 2. The normalized spacial score (nSPS) is 17.9. The number of methoxy groups -OCH3 is 1. The van der Waals surface area contributed by atoms with Gasteiger partial charge in [0.2, 0.25) is 0 Å². The molecule has 27 heavy (non-hydrogen) atoms. The predicted octanol–water partition coefficient (Wildman–Crippen LogP) is 4.78. The summed E-state index contributed by atoms with van der Waals surface area (Å²) in [5.74, 6) is 1.46. The summed E-state index contributed by atoms with van der Waals surface area (Å²) in [5, 5.41) is 3.95. The second-order valence-electron chi connectivity index (χ2n) is 7.62. The van der Waals surface area contributed by atoms with Gasteiger partial charge in [0.25, 0.3) is 5.91 Å². The molecular weight excluding hydrogens is 342 g/mol. The Morgan fingerprint density at radius 3 is 2.81 bits per heavy atom. The molecule has 1 aliphatic heterocycles. The summed E-state index contributed by atoms with van der Waals surface area (Å²) in [4.78, 5) is 12.9. The van der Waals surface area contributed by atoms with Gasteiger partial charge in [-0.2, -0.15) is 0 Å². The summed E-state index contributed by atoms with van der Waals surface area (Å²) in [6, 6.07) is 13.2. The molecule has 5 heteroatoms. The maximum atomic E-state index is 12.9. The van der Waals surface area contributed by atoms with Gasteiger partial charge in [-0.25, -0.2) is 0 Å². The van der Waals surface area contributed by atoms with Gasteiger partial charge in [-0.05, 0) is 44.5 Å². The van der Waals surface area contributed by atoms with Gasteiger partial charge < -0.3 is 19.2 Å². The van der Waals surface area contributed by atoms with Crippen molar-refractivity contribution in [2.45, 2.75) is 38.8 Å². The average molecular weight is 365 g/mol. The van der Waals surface area contributed by atoms with Gasteiger partial charge in [0, 0.05) is 17.4 Å². The van der Waals surface area contributed by atoms with Crippen molar-refractivity contribution < 1.29 is 18.7 Å². The molecule has 0 fully saturated rings. The van der Waals surface area contributed by atoms with Gasteiger partial charge in [-0.1, -0.05) is 24.3 Å². The number of benzene rings is 2. The molecule has 140 valence electrons. The fraction of sp³-hybridized carbons (Fsp3) is 0.318. The molecule has 0 bridgehead atoms. The molecule has 0 saturated carbocycles. The molecule has 5 nitrogen and oxygen atoms in total. The molecule has 1 atom stereocenters. The molecular formula is C22H23NO4. The van der Waals surface area contributed by atoms with Crippen LogP contribution in [0.3, 0.4) is 0 Å². The van der Waals surface area contributed by atoms with Crippen LogP contribution in [-0.2, 0) is 0 Å². The Morgan fingerprint density at radius 1 is 1.22 bits per heavy atom. The van der Waals surface area contributed by atoms with Gasteiger partial charge in [0.15, 0.2) is 17.1 Å². The fourth-order valence-corrected chi connectivity index (χ4v) is 3.63. The Balaban J connectivity index is 1.65. The molecule has 0 radical (unpaired) electrons. The van der Waals surface area contributed by atoms with Crippen molar-refractivity contribution in [1.82, 2.24) is 5.32 Å². The molecule has 1 aromatic heterocycles. The van der Waals surface area contributed by atoms with E-state index >= 15 is 0 Å². The van der Waals surface area contributed by atoms with E-state index in [2.05, 4.69) is 5.32 Å². The van der Waals surface area contributed by atoms with Crippen LogP contribution in [-0.4, -0.2) is 18.6 Å². The minimum Gasteiger partial charge on any atom is -0.493 e. The van der Waals surface area contributed by atoms with E-state index in [4.69, 9.17) is 13.9 Å². The van der Waals surface area contributed by atoms with Crippen LogP contribution < -0.4 is 14.8 Å². The number of aryl methyl sites for hydroxylation is 1. The van der Waals surface area contributed by atoms with Gasteiger partial charge in [-0.3, -0.25) is 4.79 Å². The molecule has 1 aliphatic rings. The van der Waals surface area contributed by atoms with Gasteiger partial charge in [0.05, 0.1) is 13.2 Å². The number of furan rings is 1. The fourth-order valence-electron chi connectivity index (χ4n) is 3.63.